The van der Waals surface area contributed by atoms with Gasteiger partial charge in [0.1, 0.15) is 0 Å². The zero-order valence-corrected chi connectivity index (χ0v) is 13.9. The Morgan fingerprint density at radius 2 is 2.05 bits per heavy atom. The molecule has 1 fully saturated rings. The molecule has 0 spiro atoms. The summed E-state index contributed by atoms with van der Waals surface area (Å²) in [7, 11) is 0. The maximum Gasteiger partial charge on any atom is 0.0837 e. The number of aliphatic hydroxyl groups is 1. The molecule has 0 aliphatic carbocycles. The molecule has 0 unspecified atom stereocenters. The van der Waals surface area contributed by atoms with Crippen molar-refractivity contribution in [3.8, 4) is 0 Å². The van der Waals surface area contributed by atoms with Crippen LogP contribution in [0, 0.1) is 11.8 Å². The Bertz CT molecular complexity index is 406. The SMILES string of the molecule is C[C@H](CCCO)[C@H]1CC[C@H](C)[C@@H](COCc2ccccc2)O1. The quantitative estimate of drug-likeness (QED) is 0.794. The molecule has 1 aromatic carbocycles. The van der Waals surface area contributed by atoms with Crippen LogP contribution in [-0.4, -0.2) is 30.5 Å². The normalized spacial score (nSPS) is 26.8. The number of ether oxygens (including phenoxy) is 2. The third-order valence-corrected chi connectivity index (χ3v) is 4.74. The van der Waals surface area contributed by atoms with E-state index in [4.69, 9.17) is 14.6 Å². The molecule has 1 aromatic rings. The topological polar surface area (TPSA) is 38.7 Å². The Morgan fingerprint density at radius 3 is 2.77 bits per heavy atom. The number of hydrogen-bond acceptors (Lipinski definition) is 3. The first-order valence-electron chi connectivity index (χ1n) is 8.58. The monoisotopic (exact) mass is 306 g/mol. The number of rotatable bonds is 8. The Hall–Kier alpha value is -0.900. The molecule has 3 nitrogen and oxygen atoms in total. The van der Waals surface area contributed by atoms with Crippen LogP contribution < -0.4 is 0 Å². The molecule has 4 atom stereocenters. The first kappa shape index (κ1) is 17.5. The van der Waals surface area contributed by atoms with Crippen LogP contribution in [0.1, 0.15) is 45.1 Å². The van der Waals surface area contributed by atoms with Crippen LogP contribution in [0.15, 0.2) is 30.3 Å². The van der Waals surface area contributed by atoms with Gasteiger partial charge < -0.3 is 14.6 Å². The van der Waals surface area contributed by atoms with Crippen molar-refractivity contribution in [2.24, 2.45) is 11.8 Å². The lowest BCUT2D eigenvalue weighted by Crippen LogP contribution is -2.39. The molecule has 0 saturated carbocycles. The molecule has 0 radical (unpaired) electrons. The zero-order valence-electron chi connectivity index (χ0n) is 13.9. The Kier molecular flexibility index (Phi) is 7.37. The van der Waals surface area contributed by atoms with E-state index in [1.165, 1.54) is 12.0 Å². The molecular formula is C19H30O3. The van der Waals surface area contributed by atoms with Crippen LogP contribution in [0.25, 0.3) is 0 Å². The molecule has 0 bridgehead atoms. The predicted molar refractivity (Wildman–Crippen MR) is 88.6 cm³/mol. The van der Waals surface area contributed by atoms with Crippen molar-refractivity contribution in [1.82, 2.24) is 0 Å². The lowest BCUT2D eigenvalue weighted by atomic mass is 9.87. The van der Waals surface area contributed by atoms with Gasteiger partial charge in [-0.3, -0.25) is 0 Å². The van der Waals surface area contributed by atoms with Gasteiger partial charge in [0.25, 0.3) is 0 Å². The van der Waals surface area contributed by atoms with E-state index in [2.05, 4.69) is 26.0 Å². The van der Waals surface area contributed by atoms with E-state index in [9.17, 15) is 0 Å². The molecule has 3 heteroatoms. The summed E-state index contributed by atoms with van der Waals surface area (Å²) < 4.78 is 12.2. The molecule has 1 aliphatic heterocycles. The first-order valence-corrected chi connectivity index (χ1v) is 8.58. The van der Waals surface area contributed by atoms with Gasteiger partial charge in [0.05, 0.1) is 25.4 Å². The minimum Gasteiger partial charge on any atom is -0.396 e. The highest BCUT2D eigenvalue weighted by molar-refractivity contribution is 5.13. The van der Waals surface area contributed by atoms with Gasteiger partial charge in [-0.15, -0.1) is 0 Å². The highest BCUT2D eigenvalue weighted by Crippen LogP contribution is 2.30. The molecule has 0 amide bonds. The van der Waals surface area contributed by atoms with E-state index in [0.29, 0.717) is 31.2 Å². The molecule has 1 saturated heterocycles. The van der Waals surface area contributed by atoms with Crippen molar-refractivity contribution in [3.05, 3.63) is 35.9 Å². The average molecular weight is 306 g/mol. The van der Waals surface area contributed by atoms with Crippen LogP contribution in [0.2, 0.25) is 0 Å². The Labute approximate surface area is 134 Å². The number of hydrogen-bond donors (Lipinski definition) is 1. The number of aliphatic hydroxyl groups excluding tert-OH is 1. The minimum atomic E-state index is 0.194. The van der Waals surface area contributed by atoms with E-state index < -0.39 is 0 Å². The summed E-state index contributed by atoms with van der Waals surface area (Å²) in [6, 6.07) is 10.3. The molecule has 1 N–H and O–H groups in total. The van der Waals surface area contributed by atoms with E-state index in [1.54, 1.807) is 0 Å². The zero-order chi connectivity index (χ0) is 15.8. The van der Waals surface area contributed by atoms with Crippen LogP contribution in [-0.2, 0) is 16.1 Å². The third kappa shape index (κ3) is 5.38. The summed E-state index contributed by atoms with van der Waals surface area (Å²) >= 11 is 0. The highest BCUT2D eigenvalue weighted by Gasteiger charge is 2.31. The van der Waals surface area contributed by atoms with Crippen molar-refractivity contribution in [2.45, 2.75) is 58.3 Å². The van der Waals surface area contributed by atoms with Crippen LogP contribution >= 0.6 is 0 Å². The predicted octanol–water partition coefficient (Wildman–Crippen LogP) is 3.80. The maximum absolute atomic E-state index is 8.97. The first-order chi connectivity index (χ1) is 10.7. The Morgan fingerprint density at radius 1 is 1.27 bits per heavy atom. The van der Waals surface area contributed by atoms with E-state index in [0.717, 1.165) is 19.3 Å². The van der Waals surface area contributed by atoms with E-state index in [-0.39, 0.29) is 12.7 Å². The third-order valence-electron chi connectivity index (χ3n) is 4.74. The minimum absolute atomic E-state index is 0.194. The standard InChI is InChI=1S/C19H30O3/c1-15(7-6-12-20)18-11-10-16(2)19(22-18)14-21-13-17-8-4-3-5-9-17/h3-5,8-9,15-16,18-20H,6-7,10-14H2,1-2H3/t15-,16+,18-,19-/m1/s1. The summed E-state index contributed by atoms with van der Waals surface area (Å²) in [5, 5.41) is 8.97. The molecule has 0 aromatic heterocycles. The second-order valence-corrected chi connectivity index (χ2v) is 6.61. The van der Waals surface area contributed by atoms with E-state index >= 15 is 0 Å². The molecular weight excluding hydrogens is 276 g/mol. The second-order valence-electron chi connectivity index (χ2n) is 6.61. The van der Waals surface area contributed by atoms with Crippen molar-refractivity contribution < 1.29 is 14.6 Å². The summed E-state index contributed by atoms with van der Waals surface area (Å²) in [6.45, 7) is 6.08. The largest absolute Gasteiger partial charge is 0.396 e. The molecule has 22 heavy (non-hydrogen) atoms. The number of benzene rings is 1. The van der Waals surface area contributed by atoms with Crippen molar-refractivity contribution >= 4 is 0 Å². The summed E-state index contributed by atoms with van der Waals surface area (Å²) in [5.74, 6) is 1.06. The lowest BCUT2D eigenvalue weighted by Gasteiger charge is -2.37. The van der Waals surface area contributed by atoms with Crippen molar-refractivity contribution in [3.63, 3.8) is 0 Å². The fraction of sp³-hybridized carbons (Fsp3) is 0.684. The van der Waals surface area contributed by atoms with Gasteiger partial charge in [-0.25, -0.2) is 0 Å². The lowest BCUT2D eigenvalue weighted by molar-refractivity contribution is -0.130. The summed E-state index contributed by atoms with van der Waals surface area (Å²) in [4.78, 5) is 0. The summed E-state index contributed by atoms with van der Waals surface area (Å²) in [6.07, 6.45) is 4.74. The highest BCUT2D eigenvalue weighted by atomic mass is 16.5. The van der Waals surface area contributed by atoms with Gasteiger partial charge in [0.2, 0.25) is 0 Å². The van der Waals surface area contributed by atoms with Gasteiger partial charge in [0.15, 0.2) is 0 Å². The Balaban J connectivity index is 1.76. The van der Waals surface area contributed by atoms with Gasteiger partial charge in [-0.05, 0) is 43.1 Å². The van der Waals surface area contributed by atoms with Gasteiger partial charge >= 0.3 is 0 Å². The maximum atomic E-state index is 8.97. The van der Waals surface area contributed by atoms with Gasteiger partial charge in [-0.1, -0.05) is 44.2 Å². The van der Waals surface area contributed by atoms with Crippen LogP contribution in [0.5, 0.6) is 0 Å². The second kappa shape index (κ2) is 9.29. The van der Waals surface area contributed by atoms with E-state index in [1.807, 2.05) is 18.2 Å². The molecule has 2 rings (SSSR count). The fourth-order valence-corrected chi connectivity index (χ4v) is 3.13. The van der Waals surface area contributed by atoms with Gasteiger partial charge in [-0.2, -0.15) is 0 Å². The smallest absolute Gasteiger partial charge is 0.0837 e. The van der Waals surface area contributed by atoms with Crippen molar-refractivity contribution in [1.29, 1.82) is 0 Å². The molecule has 1 aliphatic rings. The fourth-order valence-electron chi connectivity index (χ4n) is 3.13. The molecule has 124 valence electrons. The van der Waals surface area contributed by atoms with Gasteiger partial charge in [0, 0.05) is 6.61 Å². The van der Waals surface area contributed by atoms with Crippen molar-refractivity contribution in [2.75, 3.05) is 13.2 Å². The summed E-state index contributed by atoms with van der Waals surface area (Å²) in [5.41, 5.74) is 1.21. The average Bonchev–Trinajstić information content (AvgIpc) is 2.55. The van der Waals surface area contributed by atoms with Crippen LogP contribution in [0.4, 0.5) is 0 Å². The van der Waals surface area contributed by atoms with Crippen LogP contribution in [0.3, 0.4) is 0 Å². The molecule has 1 heterocycles.